The molecule has 0 unspecified atom stereocenters. The number of carbonyl (C=O) groups is 3. The van der Waals surface area contributed by atoms with Crippen molar-refractivity contribution < 1.29 is 14.4 Å². The molecule has 10 heteroatoms. The summed E-state index contributed by atoms with van der Waals surface area (Å²) in [6.07, 6.45) is 9.69. The fraction of sp³-hybridized carbons (Fsp3) is 0.355. The molecule has 208 valence electrons. The van der Waals surface area contributed by atoms with E-state index in [0.29, 0.717) is 53.5 Å². The van der Waals surface area contributed by atoms with Crippen LogP contribution in [-0.2, 0) is 32.6 Å². The first-order valence-corrected chi connectivity index (χ1v) is 14.5. The summed E-state index contributed by atoms with van der Waals surface area (Å²) in [5, 5.41) is 6.31. The van der Waals surface area contributed by atoms with Gasteiger partial charge in [0.05, 0.1) is 22.3 Å². The lowest BCUT2D eigenvalue weighted by Gasteiger charge is -2.35. The lowest BCUT2D eigenvalue weighted by molar-refractivity contribution is -0.133. The smallest absolute Gasteiger partial charge is 0.275 e. The van der Waals surface area contributed by atoms with Crippen molar-refractivity contribution in [3.8, 4) is 0 Å². The van der Waals surface area contributed by atoms with E-state index in [1.165, 1.54) is 0 Å². The van der Waals surface area contributed by atoms with Gasteiger partial charge in [-0.1, -0.05) is 48.7 Å². The van der Waals surface area contributed by atoms with Crippen LogP contribution in [0.3, 0.4) is 0 Å². The summed E-state index contributed by atoms with van der Waals surface area (Å²) in [5.74, 6) is -0.0748. The second-order valence-corrected chi connectivity index (χ2v) is 11.8. The van der Waals surface area contributed by atoms with Crippen LogP contribution >= 0.6 is 11.6 Å². The number of benzene rings is 1. The van der Waals surface area contributed by atoms with Gasteiger partial charge in [-0.25, -0.2) is 4.98 Å². The number of aliphatic imine (C=N–C) groups is 1. The summed E-state index contributed by atoms with van der Waals surface area (Å²) in [4.78, 5) is 55.7. The molecule has 41 heavy (non-hydrogen) atoms. The number of nitrogens with one attached hydrogen (secondary N) is 2. The largest absolute Gasteiger partial charge is 0.323 e. The van der Waals surface area contributed by atoms with E-state index >= 15 is 0 Å². The summed E-state index contributed by atoms with van der Waals surface area (Å²) in [6, 6.07) is 12.9. The molecule has 4 heterocycles. The molecule has 9 nitrogen and oxygen atoms in total. The first-order chi connectivity index (χ1) is 19.9. The van der Waals surface area contributed by atoms with Gasteiger partial charge >= 0.3 is 0 Å². The quantitative estimate of drug-likeness (QED) is 0.483. The average Bonchev–Trinajstić information content (AvgIpc) is 3.48. The third-order valence-corrected chi connectivity index (χ3v) is 9.23. The Kier molecular flexibility index (Phi) is 6.15. The van der Waals surface area contributed by atoms with Gasteiger partial charge in [-0.2, -0.15) is 0 Å². The van der Waals surface area contributed by atoms with Gasteiger partial charge in [0, 0.05) is 29.4 Å². The molecule has 0 radical (unpaired) electrons. The van der Waals surface area contributed by atoms with E-state index in [4.69, 9.17) is 16.6 Å². The molecule has 4 aliphatic rings. The van der Waals surface area contributed by atoms with Crippen LogP contribution in [-0.4, -0.2) is 50.5 Å². The minimum absolute atomic E-state index is 0.0784. The Morgan fingerprint density at radius 3 is 2.63 bits per heavy atom. The number of hydrogen-bond donors (Lipinski definition) is 2. The summed E-state index contributed by atoms with van der Waals surface area (Å²) in [6.45, 7) is -0.126. The number of aromatic nitrogens is 2. The Balaban J connectivity index is 1.12. The van der Waals surface area contributed by atoms with Crippen LogP contribution in [0.2, 0.25) is 5.02 Å². The monoisotopic (exact) mass is 568 g/mol. The highest BCUT2D eigenvalue weighted by Gasteiger charge is 2.52. The summed E-state index contributed by atoms with van der Waals surface area (Å²) in [5.41, 5.74) is 2.58. The maximum atomic E-state index is 13.8. The van der Waals surface area contributed by atoms with Crippen LogP contribution in [0, 0.1) is 0 Å². The molecule has 1 fully saturated rings. The van der Waals surface area contributed by atoms with E-state index in [1.54, 1.807) is 29.4 Å². The van der Waals surface area contributed by atoms with E-state index in [2.05, 4.69) is 20.6 Å². The molecule has 7 rings (SSSR count). The number of carbonyl (C=O) groups excluding carboxylic acids is 3. The molecule has 3 aromatic rings. The highest BCUT2D eigenvalue weighted by atomic mass is 35.5. The molecule has 2 aliphatic heterocycles. The predicted octanol–water partition coefficient (Wildman–Crippen LogP) is 4.44. The number of amides is 3. The van der Waals surface area contributed by atoms with Gasteiger partial charge < -0.3 is 15.5 Å². The molecule has 0 bridgehead atoms. The number of hydrogen-bond acceptors (Lipinski definition) is 6. The minimum Gasteiger partial charge on any atom is -0.323 e. The van der Waals surface area contributed by atoms with E-state index in [9.17, 15) is 14.4 Å². The molecule has 2 aromatic heterocycles. The van der Waals surface area contributed by atoms with Crippen molar-refractivity contribution in [3.05, 3.63) is 82.3 Å². The molecule has 3 amide bonds. The summed E-state index contributed by atoms with van der Waals surface area (Å²) in [7, 11) is 0. The standard InChI is InChI=1S/C31H29ClN6O3/c32-23-10-4-3-8-21(23)26-28(40)38(31(37-26)11-5-1-2-6-12-31)18-25(39)35-20-14-19-15-30(16-24(19)34-17-20)22-9-7-13-33-27(22)36-29(30)41/h3-4,7-10,13-14,17H,1-2,5-6,11-12,15-16,18H2,(H,35,39)(H,33,36,41)/t30-/m0/s1. The van der Waals surface area contributed by atoms with Crippen molar-refractivity contribution in [2.75, 3.05) is 17.2 Å². The maximum Gasteiger partial charge on any atom is 0.275 e. The normalized spacial score (nSPS) is 22.4. The highest BCUT2D eigenvalue weighted by Crippen LogP contribution is 2.46. The number of halogens is 1. The lowest BCUT2D eigenvalue weighted by atomic mass is 9.80. The topological polar surface area (TPSA) is 117 Å². The first kappa shape index (κ1) is 25.8. The van der Waals surface area contributed by atoms with Crippen molar-refractivity contribution in [1.82, 2.24) is 14.9 Å². The summed E-state index contributed by atoms with van der Waals surface area (Å²) < 4.78 is 0. The molecule has 1 aromatic carbocycles. The van der Waals surface area contributed by atoms with E-state index in [0.717, 1.165) is 42.5 Å². The third kappa shape index (κ3) is 4.22. The Morgan fingerprint density at radius 1 is 1.02 bits per heavy atom. The van der Waals surface area contributed by atoms with Gasteiger partial charge in [0.1, 0.15) is 23.7 Å². The van der Waals surface area contributed by atoms with Crippen LogP contribution in [0.4, 0.5) is 11.5 Å². The lowest BCUT2D eigenvalue weighted by Crippen LogP contribution is -2.50. The van der Waals surface area contributed by atoms with Gasteiger partial charge in [0.2, 0.25) is 11.8 Å². The number of fused-ring (bicyclic) bond motifs is 3. The highest BCUT2D eigenvalue weighted by molar-refractivity contribution is 6.50. The molecule has 0 saturated heterocycles. The van der Waals surface area contributed by atoms with E-state index in [-0.39, 0.29) is 24.3 Å². The van der Waals surface area contributed by atoms with Crippen LogP contribution in [0.1, 0.15) is 60.9 Å². The SMILES string of the molecule is O=C(CN1C(=O)C(c2ccccc2Cl)=NC12CCCCCC2)Nc1cnc2c(c1)C[C@@]1(C2)C(=O)Nc2ncccc21. The van der Waals surface area contributed by atoms with Crippen LogP contribution in [0.15, 0.2) is 59.9 Å². The molecule has 2 spiro atoms. The average molecular weight is 569 g/mol. The Hall–Kier alpha value is -4.11. The Bertz CT molecular complexity index is 1630. The van der Waals surface area contributed by atoms with Crippen LogP contribution in [0.25, 0.3) is 0 Å². The third-order valence-electron chi connectivity index (χ3n) is 8.90. The zero-order valence-corrected chi connectivity index (χ0v) is 23.2. The molecular weight excluding hydrogens is 540 g/mol. The van der Waals surface area contributed by atoms with Gasteiger partial charge in [-0.05, 0) is 55.9 Å². The second-order valence-electron chi connectivity index (χ2n) is 11.4. The van der Waals surface area contributed by atoms with Crippen molar-refractivity contribution in [2.45, 2.75) is 62.4 Å². The van der Waals surface area contributed by atoms with Crippen molar-refractivity contribution in [3.63, 3.8) is 0 Å². The first-order valence-electron chi connectivity index (χ1n) is 14.1. The Morgan fingerprint density at radius 2 is 1.83 bits per heavy atom. The molecular formula is C31H29ClN6O3. The second kappa shape index (κ2) is 9.76. The summed E-state index contributed by atoms with van der Waals surface area (Å²) >= 11 is 6.45. The van der Waals surface area contributed by atoms with Gasteiger partial charge in [0.15, 0.2) is 0 Å². The fourth-order valence-corrected chi connectivity index (χ4v) is 7.11. The molecule has 2 aliphatic carbocycles. The van der Waals surface area contributed by atoms with Crippen LogP contribution < -0.4 is 10.6 Å². The molecule has 2 N–H and O–H groups in total. The zero-order valence-electron chi connectivity index (χ0n) is 22.5. The van der Waals surface area contributed by atoms with Gasteiger partial charge in [-0.3, -0.25) is 24.4 Å². The van der Waals surface area contributed by atoms with E-state index < -0.39 is 11.1 Å². The Labute approximate surface area is 242 Å². The number of anilines is 2. The maximum absolute atomic E-state index is 13.8. The number of nitrogens with zero attached hydrogens (tertiary/aromatic N) is 4. The van der Waals surface area contributed by atoms with Crippen molar-refractivity contribution in [1.29, 1.82) is 0 Å². The zero-order chi connectivity index (χ0) is 28.2. The van der Waals surface area contributed by atoms with Gasteiger partial charge in [0.25, 0.3) is 5.91 Å². The van der Waals surface area contributed by atoms with Gasteiger partial charge in [-0.15, -0.1) is 0 Å². The predicted molar refractivity (Wildman–Crippen MR) is 155 cm³/mol. The molecule has 1 saturated carbocycles. The number of rotatable bonds is 4. The number of pyridine rings is 2. The van der Waals surface area contributed by atoms with Crippen molar-refractivity contribution >= 4 is 46.5 Å². The molecule has 1 atom stereocenters. The minimum atomic E-state index is -0.751. The van der Waals surface area contributed by atoms with Crippen LogP contribution in [0.5, 0.6) is 0 Å². The van der Waals surface area contributed by atoms with E-state index in [1.807, 2.05) is 30.3 Å². The fourth-order valence-electron chi connectivity index (χ4n) is 6.89. The van der Waals surface area contributed by atoms with Crippen molar-refractivity contribution in [2.24, 2.45) is 4.99 Å².